The average Bonchev–Trinajstić information content (AvgIpc) is 3.31. The normalized spacial score (nSPS) is 17.1. The van der Waals surface area contributed by atoms with Crippen LogP contribution in [0.25, 0.3) is 10.9 Å². The Balaban J connectivity index is 1.88. The van der Waals surface area contributed by atoms with E-state index in [-0.39, 0.29) is 5.97 Å². The van der Waals surface area contributed by atoms with Crippen molar-refractivity contribution < 1.29 is 9.53 Å². The zero-order chi connectivity index (χ0) is 24.0. The van der Waals surface area contributed by atoms with Gasteiger partial charge in [-0.2, -0.15) is 0 Å². The molecule has 2 aromatic carbocycles. The summed E-state index contributed by atoms with van der Waals surface area (Å²) >= 11 is 3.85. The number of aromatic nitrogens is 2. The Kier molecular flexibility index (Phi) is 5.72. The summed E-state index contributed by atoms with van der Waals surface area (Å²) in [5.41, 5.74) is 5.13. The summed E-state index contributed by atoms with van der Waals surface area (Å²) in [6, 6.07) is 18.2. The van der Waals surface area contributed by atoms with Gasteiger partial charge in [0, 0.05) is 63.7 Å². The summed E-state index contributed by atoms with van der Waals surface area (Å²) in [6.45, 7) is 11.2. The average molecular weight is 518 g/mol. The number of para-hydroxylation sites is 1. The summed E-state index contributed by atoms with van der Waals surface area (Å²) < 4.78 is 9.58. The van der Waals surface area contributed by atoms with Crippen molar-refractivity contribution in [2.24, 2.45) is 0 Å². The van der Waals surface area contributed by atoms with Gasteiger partial charge in [0.25, 0.3) is 0 Å². The first kappa shape index (κ1) is 22.7. The number of rotatable bonds is 6. The predicted octanol–water partition coefficient (Wildman–Crippen LogP) is 6.44. The van der Waals surface area contributed by atoms with Crippen LogP contribution < -0.4 is 4.90 Å². The highest BCUT2D eigenvalue weighted by atomic mass is 79.9. The van der Waals surface area contributed by atoms with Crippen molar-refractivity contribution >= 4 is 38.5 Å². The third-order valence-electron chi connectivity index (χ3n) is 6.97. The van der Waals surface area contributed by atoms with Crippen LogP contribution in [0.3, 0.4) is 0 Å². The maximum atomic E-state index is 13.2. The zero-order valence-electron chi connectivity index (χ0n) is 19.9. The maximum Gasteiger partial charge on any atom is 0.341 e. The number of esters is 1. The van der Waals surface area contributed by atoms with Crippen LogP contribution in [0, 0.1) is 6.92 Å². The second-order valence-corrected chi connectivity index (χ2v) is 9.38. The van der Waals surface area contributed by atoms with Crippen molar-refractivity contribution in [1.29, 1.82) is 0 Å². The van der Waals surface area contributed by atoms with Crippen LogP contribution in [0.4, 0.5) is 5.69 Å². The molecule has 1 unspecified atom stereocenters. The predicted molar refractivity (Wildman–Crippen MR) is 140 cm³/mol. The van der Waals surface area contributed by atoms with Crippen molar-refractivity contribution in [3.05, 3.63) is 93.3 Å². The second-order valence-electron chi connectivity index (χ2n) is 8.53. The second kappa shape index (κ2) is 8.58. The minimum absolute atomic E-state index is 0.351. The Hall–Kier alpha value is -3.12. The molecule has 174 valence electrons. The molecule has 0 spiro atoms. The van der Waals surface area contributed by atoms with Gasteiger partial charge >= 0.3 is 5.97 Å². The third-order valence-corrected chi connectivity index (χ3v) is 7.62. The fraction of sp³-hybridized carbons (Fsp3) is 0.286. The van der Waals surface area contributed by atoms with Crippen LogP contribution >= 0.6 is 15.9 Å². The first-order valence-electron chi connectivity index (χ1n) is 11.8. The van der Waals surface area contributed by atoms with E-state index in [1.54, 1.807) is 18.3 Å². The van der Waals surface area contributed by atoms with Gasteiger partial charge in [-0.25, -0.2) is 4.79 Å². The summed E-state index contributed by atoms with van der Waals surface area (Å²) in [6.07, 6.45) is 1.74. The SMILES string of the molecule is CCN(CC)c1ccc(C2(c3c(C)n(CC)c4ccccc34)OC(=O)c3cccnc32)c(Br)c1. The number of carbonyl (C=O) groups excluding carboxylic acids is 1. The van der Waals surface area contributed by atoms with Gasteiger partial charge in [0.1, 0.15) is 5.69 Å². The minimum atomic E-state index is -1.15. The summed E-state index contributed by atoms with van der Waals surface area (Å²) in [5.74, 6) is -0.351. The van der Waals surface area contributed by atoms with Crippen LogP contribution in [0.1, 0.15) is 53.6 Å². The van der Waals surface area contributed by atoms with Gasteiger partial charge < -0.3 is 14.2 Å². The smallest absolute Gasteiger partial charge is 0.341 e. The van der Waals surface area contributed by atoms with Gasteiger partial charge in [-0.05, 0) is 58.0 Å². The molecule has 0 saturated carbocycles. The van der Waals surface area contributed by atoms with Crippen molar-refractivity contribution in [3.63, 3.8) is 0 Å². The number of cyclic esters (lactones) is 1. The van der Waals surface area contributed by atoms with E-state index in [0.29, 0.717) is 11.3 Å². The van der Waals surface area contributed by atoms with Gasteiger partial charge in [-0.3, -0.25) is 4.98 Å². The first-order chi connectivity index (χ1) is 16.5. The van der Waals surface area contributed by atoms with Gasteiger partial charge in [-0.15, -0.1) is 0 Å². The van der Waals surface area contributed by atoms with Gasteiger partial charge in [0.05, 0.1) is 5.56 Å². The standard InChI is InChI=1S/C28H28BrN3O2/c1-5-31(6-2)19-14-15-22(23(29)17-19)28(26-21(27(33)34-28)12-10-16-30-26)25-18(4)32(7-3)24-13-9-8-11-20(24)25/h8-17H,5-7H2,1-4H3. The van der Waals surface area contributed by atoms with Crippen LogP contribution in [-0.2, 0) is 16.9 Å². The van der Waals surface area contributed by atoms with E-state index in [2.05, 4.69) is 83.4 Å². The van der Waals surface area contributed by atoms with E-state index in [9.17, 15) is 4.79 Å². The van der Waals surface area contributed by atoms with E-state index in [1.807, 2.05) is 12.1 Å². The fourth-order valence-electron chi connectivity index (χ4n) is 5.44. The molecule has 6 heteroatoms. The number of hydrogen-bond acceptors (Lipinski definition) is 4. The Labute approximate surface area is 208 Å². The molecule has 5 rings (SSSR count). The highest BCUT2D eigenvalue weighted by Gasteiger charge is 2.53. The van der Waals surface area contributed by atoms with E-state index in [1.165, 1.54) is 0 Å². The fourth-order valence-corrected chi connectivity index (χ4v) is 6.08. The molecule has 0 aliphatic carbocycles. The van der Waals surface area contributed by atoms with Crippen LogP contribution in [0.5, 0.6) is 0 Å². The highest BCUT2D eigenvalue weighted by Crippen LogP contribution is 2.52. The number of anilines is 1. The lowest BCUT2D eigenvalue weighted by Gasteiger charge is -2.31. The third kappa shape index (κ3) is 3.12. The molecule has 2 aromatic heterocycles. The van der Waals surface area contributed by atoms with E-state index >= 15 is 0 Å². The van der Waals surface area contributed by atoms with Crippen LogP contribution in [-0.4, -0.2) is 28.6 Å². The first-order valence-corrected chi connectivity index (χ1v) is 12.6. The Morgan fingerprint density at radius 2 is 1.82 bits per heavy atom. The molecule has 1 atom stereocenters. The number of halogens is 1. The number of ether oxygens (including phenoxy) is 1. The molecule has 1 aliphatic heterocycles. The summed E-state index contributed by atoms with van der Waals surface area (Å²) in [7, 11) is 0. The molecule has 3 heterocycles. The Morgan fingerprint density at radius 1 is 1.06 bits per heavy atom. The summed E-state index contributed by atoms with van der Waals surface area (Å²) in [5, 5.41) is 1.06. The van der Waals surface area contributed by atoms with Crippen molar-refractivity contribution in [2.45, 2.75) is 39.8 Å². The van der Waals surface area contributed by atoms with E-state index in [4.69, 9.17) is 9.72 Å². The zero-order valence-corrected chi connectivity index (χ0v) is 21.5. The quantitative estimate of drug-likeness (QED) is 0.276. The van der Waals surface area contributed by atoms with Gasteiger partial charge in [0.15, 0.2) is 0 Å². The van der Waals surface area contributed by atoms with Gasteiger partial charge in [-0.1, -0.05) is 40.2 Å². The molecule has 0 saturated heterocycles. The van der Waals surface area contributed by atoms with Crippen LogP contribution in [0.15, 0.2) is 65.3 Å². The number of nitrogens with zero attached hydrogens (tertiary/aromatic N) is 3. The van der Waals surface area contributed by atoms with Gasteiger partial charge in [0.2, 0.25) is 5.60 Å². The number of pyridine rings is 1. The molecular weight excluding hydrogens is 490 g/mol. The molecule has 0 bridgehead atoms. The maximum absolute atomic E-state index is 13.2. The lowest BCUT2D eigenvalue weighted by atomic mass is 9.81. The molecule has 0 N–H and O–H groups in total. The lowest BCUT2D eigenvalue weighted by molar-refractivity contribution is 0.0243. The summed E-state index contributed by atoms with van der Waals surface area (Å²) in [4.78, 5) is 20.3. The molecular formula is C28H28BrN3O2. The van der Waals surface area contributed by atoms with Crippen molar-refractivity contribution in [3.8, 4) is 0 Å². The molecule has 4 aromatic rings. The highest BCUT2D eigenvalue weighted by molar-refractivity contribution is 9.10. The van der Waals surface area contributed by atoms with Crippen molar-refractivity contribution in [2.75, 3.05) is 18.0 Å². The number of carbonyl (C=O) groups is 1. The molecule has 34 heavy (non-hydrogen) atoms. The van der Waals surface area contributed by atoms with E-state index < -0.39 is 5.60 Å². The minimum Gasteiger partial charge on any atom is -0.439 e. The Bertz CT molecular complexity index is 1410. The molecule has 0 fully saturated rings. The monoisotopic (exact) mass is 517 g/mol. The molecule has 1 aliphatic rings. The molecule has 5 nitrogen and oxygen atoms in total. The Morgan fingerprint density at radius 3 is 2.53 bits per heavy atom. The number of benzene rings is 2. The van der Waals surface area contributed by atoms with E-state index in [0.717, 1.165) is 57.5 Å². The van der Waals surface area contributed by atoms with Crippen LogP contribution in [0.2, 0.25) is 0 Å². The topological polar surface area (TPSA) is 47.4 Å². The molecule has 0 amide bonds. The largest absolute Gasteiger partial charge is 0.439 e. The number of hydrogen-bond donors (Lipinski definition) is 0. The van der Waals surface area contributed by atoms with Crippen molar-refractivity contribution in [1.82, 2.24) is 9.55 Å². The number of fused-ring (bicyclic) bond motifs is 2. The molecule has 0 radical (unpaired) electrons. The lowest BCUT2D eigenvalue weighted by Crippen LogP contribution is -2.32. The number of aryl methyl sites for hydroxylation is 1.